The molecule has 1 aromatic heterocycles. The Labute approximate surface area is 189 Å². The van der Waals surface area contributed by atoms with Crippen LogP contribution in [0.25, 0.3) is 0 Å². The number of hydrogen-bond acceptors (Lipinski definition) is 7. The van der Waals surface area contributed by atoms with Crippen molar-refractivity contribution in [3.05, 3.63) is 57.3 Å². The molecule has 0 aliphatic carbocycles. The van der Waals surface area contributed by atoms with Crippen LogP contribution in [-0.2, 0) is 21.4 Å². The number of rotatable bonds is 3. The number of carbonyl (C=O) groups excluding carboxylic acids is 1. The molecule has 1 saturated heterocycles. The number of aliphatic imine (C=N–C) groups is 1. The van der Waals surface area contributed by atoms with Crippen LogP contribution < -0.4 is 10.5 Å². The summed E-state index contributed by atoms with van der Waals surface area (Å²) in [5.41, 5.74) is 7.43. The molecule has 2 N–H and O–H groups in total. The molecule has 31 heavy (non-hydrogen) atoms. The molecule has 0 bridgehead atoms. The Kier molecular flexibility index (Phi) is 4.47. The van der Waals surface area contributed by atoms with E-state index in [0.29, 0.717) is 25.5 Å². The van der Waals surface area contributed by atoms with Crippen LogP contribution in [0.5, 0.6) is 5.75 Å². The van der Waals surface area contributed by atoms with E-state index in [2.05, 4.69) is 34.8 Å². The molecule has 1 unspecified atom stereocenters. The number of benzene rings is 1. The Bertz CT molecular complexity index is 1130. The average molecular weight is 486 g/mol. The standard InChI is InChI=1S/C23H24BrN3O4/c1-13-6-15(24)9-26-19(13)17(28)8-14-4-5-18-16(7-14)23(12-30-20(25)27-23)22(10-29-11-22)21(2,3)31-18/h4-7,9H,8,10-12H2,1-3H3,(H2,25,27). The first-order valence-electron chi connectivity index (χ1n) is 10.2. The molecule has 7 nitrogen and oxygen atoms in total. The lowest BCUT2D eigenvalue weighted by molar-refractivity contribution is -0.247. The van der Waals surface area contributed by atoms with Gasteiger partial charge in [-0.3, -0.25) is 9.78 Å². The first-order chi connectivity index (χ1) is 14.7. The van der Waals surface area contributed by atoms with Gasteiger partial charge < -0.3 is 19.9 Å². The molecular weight excluding hydrogens is 462 g/mol. The van der Waals surface area contributed by atoms with Crippen LogP contribution in [0.2, 0.25) is 0 Å². The van der Waals surface area contributed by atoms with E-state index >= 15 is 0 Å². The number of aryl methyl sites for hydroxylation is 1. The third kappa shape index (κ3) is 2.84. The molecule has 1 fully saturated rings. The van der Waals surface area contributed by atoms with E-state index in [1.54, 1.807) is 6.20 Å². The number of fused-ring (bicyclic) bond motifs is 3. The number of pyridine rings is 1. The summed E-state index contributed by atoms with van der Waals surface area (Å²) in [4.78, 5) is 22.1. The van der Waals surface area contributed by atoms with Gasteiger partial charge in [-0.1, -0.05) is 6.07 Å². The minimum Gasteiger partial charge on any atom is -0.487 e. The Balaban J connectivity index is 1.56. The number of ketones is 1. The molecular formula is C23H24BrN3O4. The van der Waals surface area contributed by atoms with Gasteiger partial charge in [0.25, 0.3) is 6.02 Å². The summed E-state index contributed by atoms with van der Waals surface area (Å²) in [6, 6.07) is 7.91. The normalized spacial score (nSPS) is 24.7. The number of halogens is 1. The summed E-state index contributed by atoms with van der Waals surface area (Å²) in [6.45, 7) is 7.34. The average Bonchev–Trinajstić information content (AvgIpc) is 3.03. The molecule has 5 rings (SSSR count). The third-order valence-corrected chi connectivity index (χ3v) is 7.33. The van der Waals surface area contributed by atoms with Crippen molar-refractivity contribution in [1.29, 1.82) is 0 Å². The van der Waals surface area contributed by atoms with Crippen LogP contribution in [0.4, 0.5) is 0 Å². The zero-order chi connectivity index (χ0) is 22.0. The van der Waals surface area contributed by atoms with E-state index in [4.69, 9.17) is 24.9 Å². The SMILES string of the molecule is Cc1cc(Br)cnc1C(=O)Cc1ccc2c(c1)C1(COC(N)=N1)C1(COC1)C(C)(C)O2. The summed E-state index contributed by atoms with van der Waals surface area (Å²) in [5.74, 6) is 0.696. The molecule has 0 saturated carbocycles. The number of nitrogens with zero attached hydrogens (tertiary/aromatic N) is 2. The fourth-order valence-electron chi connectivity index (χ4n) is 5.04. The highest BCUT2D eigenvalue weighted by Gasteiger charge is 2.71. The van der Waals surface area contributed by atoms with Crippen molar-refractivity contribution in [2.75, 3.05) is 19.8 Å². The molecule has 162 valence electrons. The van der Waals surface area contributed by atoms with Gasteiger partial charge in [-0.15, -0.1) is 0 Å². The molecule has 4 heterocycles. The predicted molar refractivity (Wildman–Crippen MR) is 118 cm³/mol. The number of Topliss-reactive ketones (excluding diaryl/α,β-unsaturated/α-hetero) is 1. The highest BCUT2D eigenvalue weighted by molar-refractivity contribution is 9.10. The molecule has 3 aliphatic rings. The molecule has 1 aromatic carbocycles. The van der Waals surface area contributed by atoms with Crippen LogP contribution in [-0.4, -0.2) is 42.2 Å². The second kappa shape index (κ2) is 6.77. The first-order valence-corrected chi connectivity index (χ1v) is 11.0. The minimum atomic E-state index is -0.711. The van der Waals surface area contributed by atoms with Crippen molar-refractivity contribution in [3.8, 4) is 5.75 Å². The number of ether oxygens (including phenoxy) is 3. The predicted octanol–water partition coefficient (Wildman–Crippen LogP) is 3.31. The lowest BCUT2D eigenvalue weighted by atomic mass is 9.55. The highest BCUT2D eigenvalue weighted by atomic mass is 79.9. The van der Waals surface area contributed by atoms with Crippen molar-refractivity contribution in [2.24, 2.45) is 16.1 Å². The van der Waals surface area contributed by atoms with E-state index in [9.17, 15) is 4.79 Å². The monoisotopic (exact) mass is 485 g/mol. The third-order valence-electron chi connectivity index (χ3n) is 6.90. The fraction of sp³-hybridized carbons (Fsp3) is 0.435. The van der Waals surface area contributed by atoms with Gasteiger partial charge >= 0.3 is 0 Å². The number of amidine groups is 1. The summed E-state index contributed by atoms with van der Waals surface area (Å²) >= 11 is 3.39. The number of hydrogen-bond donors (Lipinski definition) is 1. The topological polar surface area (TPSA) is 96.0 Å². The van der Waals surface area contributed by atoms with E-state index in [1.807, 2.05) is 31.2 Å². The zero-order valence-electron chi connectivity index (χ0n) is 17.7. The summed E-state index contributed by atoms with van der Waals surface area (Å²) in [6.07, 6.45) is 1.87. The van der Waals surface area contributed by atoms with Crippen LogP contribution in [0.3, 0.4) is 0 Å². The lowest BCUT2D eigenvalue weighted by Crippen LogP contribution is -2.71. The summed E-state index contributed by atoms with van der Waals surface area (Å²) in [7, 11) is 0. The molecule has 8 heteroatoms. The first kappa shape index (κ1) is 20.5. The second-order valence-corrected chi connectivity index (χ2v) is 9.95. The van der Waals surface area contributed by atoms with Crippen LogP contribution >= 0.6 is 15.9 Å². The van der Waals surface area contributed by atoms with E-state index in [0.717, 1.165) is 26.9 Å². The maximum Gasteiger partial charge on any atom is 0.283 e. The highest BCUT2D eigenvalue weighted by Crippen LogP contribution is 2.62. The van der Waals surface area contributed by atoms with E-state index < -0.39 is 16.6 Å². The second-order valence-electron chi connectivity index (χ2n) is 9.04. The van der Waals surface area contributed by atoms with Gasteiger partial charge in [-0.25, -0.2) is 4.99 Å². The molecule has 1 atom stereocenters. The Morgan fingerprint density at radius 3 is 2.61 bits per heavy atom. The van der Waals surface area contributed by atoms with Crippen LogP contribution in [0, 0.1) is 12.3 Å². The number of aromatic nitrogens is 1. The number of nitrogens with two attached hydrogens (primary N) is 1. The lowest BCUT2D eigenvalue weighted by Gasteiger charge is -2.61. The Morgan fingerprint density at radius 1 is 1.23 bits per heavy atom. The van der Waals surface area contributed by atoms with Gasteiger partial charge in [0.1, 0.15) is 29.2 Å². The quantitative estimate of drug-likeness (QED) is 0.669. The summed E-state index contributed by atoms with van der Waals surface area (Å²) < 4.78 is 18.6. The maximum absolute atomic E-state index is 13.0. The van der Waals surface area contributed by atoms with Crippen molar-refractivity contribution in [2.45, 2.75) is 38.3 Å². The molecule has 2 aromatic rings. The van der Waals surface area contributed by atoms with Gasteiger partial charge in [0.2, 0.25) is 0 Å². The fourth-order valence-corrected chi connectivity index (χ4v) is 5.48. The smallest absolute Gasteiger partial charge is 0.283 e. The van der Waals surface area contributed by atoms with Crippen molar-refractivity contribution in [3.63, 3.8) is 0 Å². The van der Waals surface area contributed by atoms with Crippen molar-refractivity contribution in [1.82, 2.24) is 4.98 Å². The number of carbonyl (C=O) groups is 1. The van der Waals surface area contributed by atoms with Crippen LogP contribution in [0.1, 0.15) is 41.0 Å². The van der Waals surface area contributed by atoms with E-state index in [-0.39, 0.29) is 18.2 Å². The molecule has 2 spiro atoms. The van der Waals surface area contributed by atoms with Crippen LogP contribution in [0.15, 0.2) is 39.9 Å². The summed E-state index contributed by atoms with van der Waals surface area (Å²) in [5, 5.41) is 0. The van der Waals surface area contributed by atoms with Crippen molar-refractivity contribution >= 4 is 27.7 Å². The van der Waals surface area contributed by atoms with Gasteiger partial charge in [0.15, 0.2) is 5.78 Å². The van der Waals surface area contributed by atoms with Gasteiger partial charge in [0.05, 0.1) is 18.6 Å². The molecule has 3 aliphatic heterocycles. The van der Waals surface area contributed by atoms with Crippen molar-refractivity contribution < 1.29 is 19.0 Å². The molecule has 0 amide bonds. The Hall–Kier alpha value is -2.45. The van der Waals surface area contributed by atoms with Gasteiger partial charge in [0, 0.05) is 22.7 Å². The Morgan fingerprint density at radius 2 is 2.00 bits per heavy atom. The van der Waals surface area contributed by atoms with Gasteiger partial charge in [-0.2, -0.15) is 0 Å². The molecule has 0 radical (unpaired) electrons. The zero-order valence-corrected chi connectivity index (χ0v) is 19.3. The minimum absolute atomic E-state index is 0.0385. The largest absolute Gasteiger partial charge is 0.487 e. The van der Waals surface area contributed by atoms with Gasteiger partial charge in [-0.05, 0) is 66.0 Å². The maximum atomic E-state index is 13.0. The van der Waals surface area contributed by atoms with E-state index in [1.165, 1.54) is 0 Å².